The zero-order valence-electron chi connectivity index (χ0n) is 10.0. The van der Waals surface area contributed by atoms with Gasteiger partial charge in [-0.3, -0.25) is 4.79 Å². The number of methoxy groups -OCH3 is 1. The van der Waals surface area contributed by atoms with Crippen molar-refractivity contribution < 1.29 is 9.53 Å². The van der Waals surface area contributed by atoms with Gasteiger partial charge in [-0.1, -0.05) is 0 Å². The zero-order valence-corrected chi connectivity index (χ0v) is 10.0. The van der Waals surface area contributed by atoms with Crippen LogP contribution >= 0.6 is 0 Å². The normalized spacial score (nSPS) is 22.2. The number of esters is 1. The maximum Gasteiger partial charge on any atom is 0.323 e. The molecule has 1 unspecified atom stereocenters. The van der Waals surface area contributed by atoms with Gasteiger partial charge in [-0.25, -0.2) is 0 Å². The van der Waals surface area contributed by atoms with E-state index in [0.29, 0.717) is 6.54 Å². The first-order chi connectivity index (χ1) is 7.69. The van der Waals surface area contributed by atoms with Gasteiger partial charge in [0.2, 0.25) is 0 Å². The van der Waals surface area contributed by atoms with Crippen molar-refractivity contribution in [2.45, 2.75) is 31.7 Å². The highest BCUT2D eigenvalue weighted by molar-refractivity contribution is 5.75. The number of nitrogens with zero attached hydrogens (tertiary/aromatic N) is 1. The minimum Gasteiger partial charge on any atom is -0.468 e. The SMILES string of the molecule is COC(=O)C(N)CN(CC1CC1)CC1CC1. The molecule has 0 spiro atoms. The topological polar surface area (TPSA) is 55.6 Å². The molecule has 92 valence electrons. The zero-order chi connectivity index (χ0) is 11.5. The van der Waals surface area contributed by atoms with Crippen LogP contribution in [-0.4, -0.2) is 43.7 Å². The van der Waals surface area contributed by atoms with Crippen molar-refractivity contribution in [1.29, 1.82) is 0 Å². The molecular weight excluding hydrogens is 204 g/mol. The van der Waals surface area contributed by atoms with Gasteiger partial charge in [-0.2, -0.15) is 0 Å². The van der Waals surface area contributed by atoms with Crippen LogP contribution in [0, 0.1) is 11.8 Å². The molecule has 0 radical (unpaired) electrons. The van der Waals surface area contributed by atoms with E-state index in [1.165, 1.54) is 32.8 Å². The van der Waals surface area contributed by atoms with Gasteiger partial charge in [0.05, 0.1) is 7.11 Å². The number of ether oxygens (including phenoxy) is 1. The molecule has 2 N–H and O–H groups in total. The number of nitrogens with two attached hydrogens (primary N) is 1. The van der Waals surface area contributed by atoms with Gasteiger partial charge in [0.1, 0.15) is 6.04 Å². The van der Waals surface area contributed by atoms with Crippen molar-refractivity contribution in [3.63, 3.8) is 0 Å². The second kappa shape index (κ2) is 5.15. The Morgan fingerprint density at radius 2 is 1.81 bits per heavy atom. The molecule has 0 aromatic rings. The summed E-state index contributed by atoms with van der Waals surface area (Å²) in [7, 11) is 1.40. The van der Waals surface area contributed by atoms with Crippen molar-refractivity contribution in [2.75, 3.05) is 26.7 Å². The molecule has 0 amide bonds. The van der Waals surface area contributed by atoms with E-state index in [9.17, 15) is 4.79 Å². The van der Waals surface area contributed by atoms with Gasteiger partial charge in [0, 0.05) is 19.6 Å². The van der Waals surface area contributed by atoms with Crippen LogP contribution in [0.15, 0.2) is 0 Å². The quantitative estimate of drug-likeness (QED) is 0.646. The fourth-order valence-electron chi connectivity index (χ4n) is 2.06. The third kappa shape index (κ3) is 3.76. The Hall–Kier alpha value is -0.610. The fraction of sp³-hybridized carbons (Fsp3) is 0.917. The van der Waals surface area contributed by atoms with E-state index in [2.05, 4.69) is 9.64 Å². The summed E-state index contributed by atoms with van der Waals surface area (Å²) in [4.78, 5) is 13.6. The van der Waals surface area contributed by atoms with Crippen LogP contribution in [0.2, 0.25) is 0 Å². The predicted octanol–water partition coefficient (Wildman–Crippen LogP) is 0.609. The molecule has 4 heteroatoms. The Labute approximate surface area is 97.1 Å². The molecule has 2 rings (SSSR count). The van der Waals surface area contributed by atoms with Gasteiger partial charge >= 0.3 is 5.97 Å². The summed E-state index contributed by atoms with van der Waals surface area (Å²) in [6.45, 7) is 2.88. The molecule has 2 aliphatic rings. The van der Waals surface area contributed by atoms with Gasteiger partial charge in [0.15, 0.2) is 0 Å². The van der Waals surface area contributed by atoms with Gasteiger partial charge in [-0.15, -0.1) is 0 Å². The number of hydrogen-bond acceptors (Lipinski definition) is 4. The third-order valence-electron chi connectivity index (χ3n) is 3.39. The van der Waals surface area contributed by atoms with Crippen LogP contribution in [0.1, 0.15) is 25.7 Å². The first-order valence-electron chi connectivity index (χ1n) is 6.24. The Morgan fingerprint density at radius 3 is 2.19 bits per heavy atom. The highest BCUT2D eigenvalue weighted by atomic mass is 16.5. The molecule has 0 aromatic carbocycles. The van der Waals surface area contributed by atoms with E-state index in [-0.39, 0.29) is 5.97 Å². The Morgan fingerprint density at radius 1 is 1.31 bits per heavy atom. The maximum atomic E-state index is 11.3. The van der Waals surface area contributed by atoms with Crippen LogP contribution in [-0.2, 0) is 9.53 Å². The highest BCUT2D eigenvalue weighted by Gasteiger charge is 2.30. The summed E-state index contributed by atoms with van der Waals surface area (Å²) in [6, 6.07) is -0.484. The van der Waals surface area contributed by atoms with E-state index in [4.69, 9.17) is 5.73 Å². The second-order valence-corrected chi connectivity index (χ2v) is 5.23. The Balaban J connectivity index is 1.76. The Kier molecular flexibility index (Phi) is 3.82. The molecule has 0 saturated heterocycles. The summed E-state index contributed by atoms with van der Waals surface area (Å²) < 4.78 is 4.66. The van der Waals surface area contributed by atoms with E-state index >= 15 is 0 Å². The molecule has 2 fully saturated rings. The molecule has 16 heavy (non-hydrogen) atoms. The molecule has 0 bridgehead atoms. The molecule has 0 aromatic heterocycles. The number of carbonyl (C=O) groups is 1. The van der Waals surface area contributed by atoms with Crippen LogP contribution in [0.4, 0.5) is 0 Å². The fourth-order valence-corrected chi connectivity index (χ4v) is 2.06. The minimum absolute atomic E-state index is 0.295. The van der Waals surface area contributed by atoms with Gasteiger partial charge in [-0.05, 0) is 37.5 Å². The van der Waals surface area contributed by atoms with Gasteiger partial charge < -0.3 is 15.4 Å². The van der Waals surface area contributed by atoms with Crippen LogP contribution in [0.5, 0.6) is 0 Å². The average Bonchev–Trinajstić information content (AvgIpc) is 3.12. The Bertz CT molecular complexity index is 235. The van der Waals surface area contributed by atoms with E-state index in [1.807, 2.05) is 0 Å². The summed E-state index contributed by atoms with van der Waals surface area (Å²) in [5.74, 6) is 1.41. The van der Waals surface area contributed by atoms with Crippen molar-refractivity contribution in [2.24, 2.45) is 17.6 Å². The van der Waals surface area contributed by atoms with Crippen molar-refractivity contribution in [3.8, 4) is 0 Å². The summed E-state index contributed by atoms with van der Waals surface area (Å²) in [5, 5.41) is 0. The number of carbonyl (C=O) groups excluding carboxylic acids is 1. The summed E-state index contributed by atoms with van der Waals surface area (Å²) in [5.41, 5.74) is 5.80. The van der Waals surface area contributed by atoms with E-state index in [1.54, 1.807) is 0 Å². The smallest absolute Gasteiger partial charge is 0.323 e. The van der Waals surface area contributed by atoms with Crippen LogP contribution < -0.4 is 5.73 Å². The van der Waals surface area contributed by atoms with Crippen molar-refractivity contribution >= 4 is 5.97 Å². The van der Waals surface area contributed by atoms with E-state index in [0.717, 1.165) is 24.9 Å². The first kappa shape index (κ1) is 11.9. The molecule has 1 atom stereocenters. The van der Waals surface area contributed by atoms with Crippen molar-refractivity contribution in [3.05, 3.63) is 0 Å². The second-order valence-electron chi connectivity index (χ2n) is 5.23. The molecule has 0 heterocycles. The molecule has 4 nitrogen and oxygen atoms in total. The lowest BCUT2D eigenvalue weighted by atomic mass is 10.2. The first-order valence-corrected chi connectivity index (χ1v) is 6.24. The lowest BCUT2D eigenvalue weighted by Gasteiger charge is -2.24. The third-order valence-corrected chi connectivity index (χ3v) is 3.39. The van der Waals surface area contributed by atoms with E-state index < -0.39 is 6.04 Å². The highest BCUT2D eigenvalue weighted by Crippen LogP contribution is 2.33. The summed E-state index contributed by atoms with van der Waals surface area (Å²) in [6.07, 6.45) is 5.37. The van der Waals surface area contributed by atoms with Crippen LogP contribution in [0.25, 0.3) is 0 Å². The number of hydrogen-bond donors (Lipinski definition) is 1. The van der Waals surface area contributed by atoms with Crippen molar-refractivity contribution in [1.82, 2.24) is 4.90 Å². The monoisotopic (exact) mass is 226 g/mol. The summed E-state index contributed by atoms with van der Waals surface area (Å²) >= 11 is 0. The molecule has 2 saturated carbocycles. The minimum atomic E-state index is -0.484. The standard InChI is InChI=1S/C12H22N2O2/c1-16-12(15)11(13)8-14(6-9-2-3-9)7-10-4-5-10/h9-11H,2-8,13H2,1H3. The van der Waals surface area contributed by atoms with Gasteiger partial charge in [0.25, 0.3) is 0 Å². The molecule has 2 aliphatic carbocycles. The lowest BCUT2D eigenvalue weighted by Crippen LogP contribution is -2.44. The molecule has 0 aliphatic heterocycles. The predicted molar refractivity (Wildman–Crippen MR) is 61.9 cm³/mol. The van der Waals surface area contributed by atoms with Crippen LogP contribution in [0.3, 0.4) is 0 Å². The number of rotatable bonds is 7. The lowest BCUT2D eigenvalue weighted by molar-refractivity contribution is -0.142. The average molecular weight is 226 g/mol. The largest absolute Gasteiger partial charge is 0.468 e. The maximum absolute atomic E-state index is 11.3. The molecular formula is C12H22N2O2.